The molecule has 4 bridgehead atoms. The van der Waals surface area contributed by atoms with Crippen LogP contribution in [-0.4, -0.2) is 6.54 Å². The summed E-state index contributed by atoms with van der Waals surface area (Å²) in [5, 5.41) is 0. The van der Waals surface area contributed by atoms with Gasteiger partial charge in [-0.15, -0.1) is 0 Å². The molecule has 4 saturated carbocycles. The van der Waals surface area contributed by atoms with E-state index in [4.69, 9.17) is 5.73 Å². The van der Waals surface area contributed by atoms with Crippen LogP contribution in [0, 0.1) is 29.1 Å². The van der Waals surface area contributed by atoms with Gasteiger partial charge in [0.1, 0.15) is 0 Å². The van der Waals surface area contributed by atoms with Crippen LogP contribution in [-0.2, 0) is 0 Å². The van der Waals surface area contributed by atoms with E-state index in [1.165, 1.54) is 12.8 Å². The molecular formula is C15H27N. The predicted molar refractivity (Wildman–Crippen MR) is 68.1 cm³/mol. The van der Waals surface area contributed by atoms with Crippen molar-refractivity contribution < 1.29 is 0 Å². The molecule has 4 rings (SSSR count). The van der Waals surface area contributed by atoms with E-state index in [2.05, 4.69) is 6.92 Å². The van der Waals surface area contributed by atoms with Crippen molar-refractivity contribution in [1.82, 2.24) is 0 Å². The smallest absolute Gasteiger partial charge is 0.00515 e. The summed E-state index contributed by atoms with van der Waals surface area (Å²) in [7, 11) is 0. The Hall–Kier alpha value is -0.0400. The maximum absolute atomic E-state index is 5.75. The van der Waals surface area contributed by atoms with Crippen LogP contribution >= 0.6 is 0 Å². The van der Waals surface area contributed by atoms with E-state index in [0.29, 0.717) is 0 Å². The van der Waals surface area contributed by atoms with E-state index in [-0.39, 0.29) is 0 Å². The summed E-state index contributed by atoms with van der Waals surface area (Å²) in [5.41, 5.74) is 6.53. The van der Waals surface area contributed by atoms with Crippen LogP contribution in [0.15, 0.2) is 0 Å². The molecule has 0 saturated heterocycles. The normalized spacial score (nSPS) is 47.2. The Balaban J connectivity index is 1.64. The summed E-state index contributed by atoms with van der Waals surface area (Å²) in [6.07, 6.45) is 12.3. The molecule has 0 amide bonds. The van der Waals surface area contributed by atoms with Crippen LogP contribution in [0.1, 0.15) is 58.3 Å². The molecule has 1 nitrogen and oxygen atoms in total. The van der Waals surface area contributed by atoms with E-state index in [1.54, 1.807) is 38.5 Å². The third-order valence-electron chi connectivity index (χ3n) is 5.73. The fourth-order valence-corrected chi connectivity index (χ4v) is 5.27. The van der Waals surface area contributed by atoms with Gasteiger partial charge in [0.25, 0.3) is 0 Å². The number of nitrogens with two attached hydrogens (primary N) is 1. The van der Waals surface area contributed by atoms with Gasteiger partial charge in [-0.05, 0) is 87.0 Å². The van der Waals surface area contributed by atoms with Crippen molar-refractivity contribution in [3.63, 3.8) is 0 Å². The van der Waals surface area contributed by atoms with Crippen LogP contribution in [0.2, 0.25) is 0 Å². The van der Waals surface area contributed by atoms with Gasteiger partial charge in [-0.2, -0.15) is 0 Å². The van der Waals surface area contributed by atoms with Gasteiger partial charge in [0.15, 0.2) is 0 Å². The van der Waals surface area contributed by atoms with E-state index in [1.807, 2.05) is 0 Å². The van der Waals surface area contributed by atoms with Crippen molar-refractivity contribution in [2.24, 2.45) is 34.8 Å². The molecule has 1 atom stereocenters. The Bertz CT molecular complexity index is 223. The minimum atomic E-state index is 0.744. The average Bonchev–Trinajstić information content (AvgIpc) is 2.24. The minimum absolute atomic E-state index is 0.744. The molecule has 0 aromatic rings. The zero-order chi connectivity index (χ0) is 11.2. The molecule has 4 aliphatic carbocycles. The monoisotopic (exact) mass is 221 g/mol. The Kier molecular flexibility index (Phi) is 2.78. The number of hydrogen-bond donors (Lipinski definition) is 1. The summed E-state index contributed by atoms with van der Waals surface area (Å²) in [6, 6.07) is 0. The molecule has 92 valence electrons. The molecule has 4 aliphatic rings. The largest absolute Gasteiger partial charge is 0.330 e. The highest BCUT2D eigenvalue weighted by Crippen LogP contribution is 2.61. The second-order valence-corrected chi connectivity index (χ2v) is 7.30. The summed E-state index contributed by atoms with van der Waals surface area (Å²) in [5.74, 6) is 4.08. The van der Waals surface area contributed by atoms with E-state index in [9.17, 15) is 0 Å². The number of rotatable bonds is 4. The molecule has 0 aromatic heterocycles. The molecule has 1 unspecified atom stereocenters. The Morgan fingerprint density at radius 1 is 1.06 bits per heavy atom. The molecule has 0 heterocycles. The molecule has 1 heteroatoms. The van der Waals surface area contributed by atoms with Crippen LogP contribution in [0.3, 0.4) is 0 Å². The van der Waals surface area contributed by atoms with Crippen LogP contribution in [0.5, 0.6) is 0 Å². The van der Waals surface area contributed by atoms with Crippen molar-refractivity contribution in [2.45, 2.75) is 58.3 Å². The van der Waals surface area contributed by atoms with Crippen molar-refractivity contribution in [1.29, 1.82) is 0 Å². The highest BCUT2D eigenvalue weighted by molar-refractivity contribution is 5.01. The lowest BCUT2D eigenvalue weighted by Crippen LogP contribution is -2.46. The Morgan fingerprint density at radius 2 is 1.56 bits per heavy atom. The molecule has 0 aromatic carbocycles. The summed E-state index contributed by atoms with van der Waals surface area (Å²) in [6.45, 7) is 3.20. The van der Waals surface area contributed by atoms with Gasteiger partial charge in [0.2, 0.25) is 0 Å². The first kappa shape index (κ1) is 11.1. The first-order valence-corrected chi connectivity index (χ1v) is 7.39. The van der Waals surface area contributed by atoms with Gasteiger partial charge in [0.05, 0.1) is 0 Å². The van der Waals surface area contributed by atoms with Crippen LogP contribution < -0.4 is 5.73 Å². The van der Waals surface area contributed by atoms with Gasteiger partial charge >= 0.3 is 0 Å². The average molecular weight is 221 g/mol. The van der Waals surface area contributed by atoms with E-state index >= 15 is 0 Å². The van der Waals surface area contributed by atoms with Gasteiger partial charge in [-0.1, -0.05) is 6.92 Å². The maximum atomic E-state index is 5.75. The third kappa shape index (κ3) is 1.92. The minimum Gasteiger partial charge on any atom is -0.330 e. The zero-order valence-corrected chi connectivity index (χ0v) is 10.8. The Labute approximate surface area is 100 Å². The van der Waals surface area contributed by atoms with Gasteiger partial charge in [-0.3, -0.25) is 0 Å². The van der Waals surface area contributed by atoms with E-state index in [0.717, 1.165) is 35.6 Å². The molecule has 0 spiro atoms. The van der Waals surface area contributed by atoms with Crippen molar-refractivity contribution in [3.8, 4) is 0 Å². The van der Waals surface area contributed by atoms with Crippen molar-refractivity contribution in [2.75, 3.05) is 6.54 Å². The van der Waals surface area contributed by atoms with Gasteiger partial charge in [0, 0.05) is 0 Å². The summed E-state index contributed by atoms with van der Waals surface area (Å²) < 4.78 is 0. The van der Waals surface area contributed by atoms with Crippen LogP contribution in [0.4, 0.5) is 0 Å². The molecule has 4 fully saturated rings. The lowest BCUT2D eigenvalue weighted by atomic mass is 9.48. The lowest BCUT2D eigenvalue weighted by molar-refractivity contribution is -0.0596. The second kappa shape index (κ2) is 4.01. The van der Waals surface area contributed by atoms with Gasteiger partial charge < -0.3 is 5.73 Å². The standard InChI is InChI=1S/C15H27N/c1-11(10-16)2-3-15-7-12-4-13(8-15)6-14(5-12)9-15/h11-14H,2-10,16H2,1H3. The molecular weight excluding hydrogens is 194 g/mol. The first-order chi connectivity index (χ1) is 7.69. The topological polar surface area (TPSA) is 26.0 Å². The predicted octanol–water partition coefficient (Wildman–Crippen LogP) is 3.58. The Morgan fingerprint density at radius 3 is 2.00 bits per heavy atom. The lowest BCUT2D eigenvalue weighted by Gasteiger charge is -2.57. The molecule has 0 aliphatic heterocycles. The first-order valence-electron chi connectivity index (χ1n) is 7.39. The maximum Gasteiger partial charge on any atom is -0.00515 e. The van der Waals surface area contributed by atoms with Crippen molar-refractivity contribution in [3.05, 3.63) is 0 Å². The fourth-order valence-electron chi connectivity index (χ4n) is 5.27. The van der Waals surface area contributed by atoms with Gasteiger partial charge in [-0.25, -0.2) is 0 Å². The molecule has 16 heavy (non-hydrogen) atoms. The third-order valence-corrected chi connectivity index (χ3v) is 5.73. The second-order valence-electron chi connectivity index (χ2n) is 7.30. The highest BCUT2D eigenvalue weighted by Gasteiger charge is 2.50. The number of hydrogen-bond acceptors (Lipinski definition) is 1. The fraction of sp³-hybridized carbons (Fsp3) is 1.00. The summed E-state index contributed by atoms with van der Waals surface area (Å²) >= 11 is 0. The van der Waals surface area contributed by atoms with Crippen LogP contribution in [0.25, 0.3) is 0 Å². The van der Waals surface area contributed by atoms with E-state index < -0.39 is 0 Å². The molecule has 0 radical (unpaired) electrons. The zero-order valence-electron chi connectivity index (χ0n) is 10.8. The molecule has 2 N–H and O–H groups in total. The highest BCUT2D eigenvalue weighted by atomic mass is 14.6. The SMILES string of the molecule is CC(CN)CCC12CC3CC(CC(C3)C1)C2. The quantitative estimate of drug-likeness (QED) is 0.771. The van der Waals surface area contributed by atoms with Crippen molar-refractivity contribution >= 4 is 0 Å². The summed E-state index contributed by atoms with van der Waals surface area (Å²) in [4.78, 5) is 0.